The third kappa shape index (κ3) is 9.17. The van der Waals surface area contributed by atoms with Crippen molar-refractivity contribution in [3.05, 3.63) is 123 Å². The van der Waals surface area contributed by atoms with Crippen LogP contribution in [0.1, 0.15) is 87.6 Å². The van der Waals surface area contributed by atoms with Crippen LogP contribution in [0.15, 0.2) is 102 Å². The highest BCUT2D eigenvalue weighted by molar-refractivity contribution is 7.90. The van der Waals surface area contributed by atoms with E-state index in [4.69, 9.17) is 16.3 Å². The van der Waals surface area contributed by atoms with Crippen molar-refractivity contribution >= 4 is 61.1 Å². The first-order valence-corrected chi connectivity index (χ1v) is 25.0. The first-order chi connectivity index (χ1) is 31.5. The number of H-pyrrole nitrogens is 1. The highest BCUT2D eigenvalue weighted by Gasteiger charge is 2.57. The number of fused-ring (bicyclic) bond motifs is 1. The molecule has 1 saturated heterocycles. The molecule has 5 aliphatic carbocycles. The molecule has 2 unspecified atom stereocenters. The second kappa shape index (κ2) is 17.0. The average molecular weight is 934 g/mol. The molecule has 346 valence electrons. The lowest BCUT2D eigenvalue weighted by Gasteiger charge is -2.60. The Morgan fingerprint density at radius 2 is 1.71 bits per heavy atom. The summed E-state index contributed by atoms with van der Waals surface area (Å²) in [5, 5.41) is 28.5. The molecule has 66 heavy (non-hydrogen) atoms. The van der Waals surface area contributed by atoms with Gasteiger partial charge in [0.2, 0.25) is 0 Å². The number of carbonyl (C=O) groups excluding carboxylic acids is 1. The van der Waals surface area contributed by atoms with Crippen molar-refractivity contribution in [1.82, 2.24) is 14.6 Å². The molecule has 2 atom stereocenters. The summed E-state index contributed by atoms with van der Waals surface area (Å²) in [6.45, 7) is 9.13. The van der Waals surface area contributed by atoms with Gasteiger partial charge in [-0.15, -0.1) is 0 Å². The van der Waals surface area contributed by atoms with E-state index in [1.165, 1.54) is 28.8 Å². The lowest BCUT2D eigenvalue weighted by Crippen LogP contribution is -2.57. The van der Waals surface area contributed by atoms with Gasteiger partial charge in [-0.1, -0.05) is 43.2 Å². The van der Waals surface area contributed by atoms with Crippen molar-refractivity contribution in [3.8, 4) is 11.5 Å². The van der Waals surface area contributed by atoms with Gasteiger partial charge in [-0.05, 0) is 152 Å². The number of anilines is 2. The molecule has 13 nitrogen and oxygen atoms in total. The van der Waals surface area contributed by atoms with Gasteiger partial charge in [0.1, 0.15) is 17.2 Å². The molecule has 1 amide bonds. The first kappa shape index (κ1) is 44.4. The van der Waals surface area contributed by atoms with E-state index in [-0.39, 0.29) is 27.8 Å². The van der Waals surface area contributed by atoms with E-state index < -0.39 is 37.0 Å². The average Bonchev–Trinajstić information content (AvgIpc) is 3.74. The summed E-state index contributed by atoms with van der Waals surface area (Å²) in [6, 6.07) is 24.4. The number of ether oxygens (including phenoxy) is 1. The minimum atomic E-state index is -4.58. The number of benzene rings is 4. The van der Waals surface area contributed by atoms with Gasteiger partial charge in [0.25, 0.3) is 21.6 Å². The van der Waals surface area contributed by atoms with Gasteiger partial charge < -0.3 is 25.0 Å². The quantitative estimate of drug-likeness (QED) is 0.0658. The molecule has 4 bridgehead atoms. The molecule has 4 N–H and O–H groups in total. The normalized spacial score (nSPS) is 25.0. The zero-order chi connectivity index (χ0) is 46.0. The summed E-state index contributed by atoms with van der Waals surface area (Å²) >= 11 is 6.26. The first-order valence-electron chi connectivity index (χ1n) is 23.2. The molecule has 0 radical (unpaired) electrons. The number of aromatic amines is 1. The number of nitro groups is 1. The van der Waals surface area contributed by atoms with Crippen molar-refractivity contribution in [3.63, 3.8) is 0 Å². The van der Waals surface area contributed by atoms with Crippen LogP contribution in [0.25, 0.3) is 16.5 Å². The number of hydrogen-bond donors (Lipinski definition) is 4. The highest BCUT2D eigenvalue weighted by Crippen LogP contribution is 2.61. The Hall–Kier alpha value is -5.41. The van der Waals surface area contributed by atoms with Crippen LogP contribution in [0.4, 0.5) is 17.1 Å². The van der Waals surface area contributed by atoms with Crippen LogP contribution in [0, 0.1) is 32.8 Å². The molecule has 1 aliphatic heterocycles. The van der Waals surface area contributed by atoms with Crippen molar-refractivity contribution in [2.75, 3.05) is 49.5 Å². The Balaban J connectivity index is 0.862. The number of rotatable bonds is 13. The van der Waals surface area contributed by atoms with Crippen LogP contribution in [-0.4, -0.2) is 79.1 Å². The number of allylic oxidation sites excluding steroid dienone is 1. The Morgan fingerprint density at radius 3 is 2.44 bits per heavy atom. The Morgan fingerprint density at radius 1 is 0.955 bits per heavy atom. The number of piperazine rings is 1. The van der Waals surface area contributed by atoms with E-state index in [0.29, 0.717) is 30.6 Å². The zero-order valence-corrected chi connectivity index (χ0v) is 39.0. The van der Waals surface area contributed by atoms with Crippen molar-refractivity contribution in [2.24, 2.45) is 22.7 Å². The molecule has 2 heterocycles. The largest absolute Gasteiger partial charge is 0.456 e. The van der Waals surface area contributed by atoms with Crippen LogP contribution < -0.4 is 19.7 Å². The fourth-order valence-electron chi connectivity index (χ4n) is 12.2. The van der Waals surface area contributed by atoms with Crippen LogP contribution in [0.3, 0.4) is 0 Å². The number of aromatic nitrogens is 1. The van der Waals surface area contributed by atoms with Gasteiger partial charge in [-0.25, -0.2) is 13.1 Å². The minimum Gasteiger partial charge on any atom is -0.456 e. The fraction of sp³-hybridized carbons (Fsp3) is 0.431. The van der Waals surface area contributed by atoms with Crippen LogP contribution in [-0.2, 0) is 10.0 Å². The van der Waals surface area contributed by atoms with Crippen LogP contribution in [0.5, 0.6) is 11.5 Å². The van der Waals surface area contributed by atoms with E-state index >= 15 is 0 Å². The number of aliphatic hydroxyl groups is 1. The molecule has 5 aromatic rings. The van der Waals surface area contributed by atoms with E-state index in [9.17, 15) is 28.4 Å². The number of nitrogens with one attached hydrogen (secondary N) is 3. The van der Waals surface area contributed by atoms with E-state index in [1.807, 2.05) is 36.5 Å². The SMILES string of the molecule is CC1(C)CCC(CN2CCN(c3ccc(C(=O)NS(=O)(=O)c4ccc(NCC56CC7CC(CC(O)(C7)C5)C6)c([N+](=O)[O-])c4)c(Oc4ccc5[nH]ccc5c4)c3)CC2)=C(c2ccc(Cl)cc2)C1. The number of hydrogen-bond acceptors (Lipinski definition) is 10. The van der Waals surface area contributed by atoms with Gasteiger partial charge in [0, 0.05) is 79.2 Å². The summed E-state index contributed by atoms with van der Waals surface area (Å²) in [7, 11) is -4.58. The number of nitro benzene ring substituents is 1. The van der Waals surface area contributed by atoms with E-state index in [0.717, 1.165) is 112 Å². The zero-order valence-electron chi connectivity index (χ0n) is 37.4. The maximum absolute atomic E-state index is 14.1. The summed E-state index contributed by atoms with van der Waals surface area (Å²) in [5.74, 6) is 0.587. The molecule has 6 aliphatic rings. The lowest BCUT2D eigenvalue weighted by atomic mass is 9.48. The number of sulfonamides is 1. The van der Waals surface area contributed by atoms with Gasteiger partial charge in [-0.3, -0.25) is 19.8 Å². The molecule has 4 aromatic carbocycles. The second-order valence-corrected chi connectivity index (χ2v) is 22.7. The standard InChI is InChI=1S/C51H57ClN6O7S/c1-49(2)15-13-37(43(29-49)35-3-5-38(52)6-4-35)30-56-17-19-57(20-18-56)39-7-10-42(47(23-39)65-40-8-11-44-36(22-40)14-16-53-44)48(59)55-66(63,64)41-9-12-45(46(24-41)58(61)62)54-32-50-25-33-21-34(26-50)28-51(60,27-33)31-50/h3-12,14,16,22-24,33-34,53-54,60H,13,15,17-21,25-32H2,1-2H3,(H,55,59). The predicted molar refractivity (Wildman–Crippen MR) is 258 cm³/mol. The Labute approximate surface area is 390 Å². The number of nitrogens with zero attached hydrogens (tertiary/aromatic N) is 3. The molecule has 5 fully saturated rings. The maximum atomic E-state index is 14.1. The maximum Gasteiger partial charge on any atom is 0.293 e. The third-order valence-electron chi connectivity index (χ3n) is 15.0. The van der Waals surface area contributed by atoms with Gasteiger partial charge in [-0.2, -0.15) is 0 Å². The second-order valence-electron chi connectivity index (χ2n) is 20.6. The van der Waals surface area contributed by atoms with Gasteiger partial charge in [0.05, 0.1) is 21.0 Å². The van der Waals surface area contributed by atoms with E-state index in [2.05, 4.69) is 50.8 Å². The van der Waals surface area contributed by atoms with Gasteiger partial charge in [0.15, 0.2) is 0 Å². The summed E-state index contributed by atoms with van der Waals surface area (Å²) in [4.78, 5) is 33.3. The third-order valence-corrected chi connectivity index (χ3v) is 16.6. The topological polar surface area (TPSA) is 170 Å². The summed E-state index contributed by atoms with van der Waals surface area (Å²) in [6.07, 6.45) is 10.3. The molecular weight excluding hydrogens is 876 g/mol. The molecule has 11 rings (SSSR count). The molecule has 4 saturated carbocycles. The lowest BCUT2D eigenvalue weighted by molar-refractivity contribution is -0.384. The number of amides is 1. The Bertz CT molecular complexity index is 2840. The van der Waals surface area contributed by atoms with Gasteiger partial charge >= 0.3 is 0 Å². The number of halogens is 1. The molecule has 15 heteroatoms. The monoisotopic (exact) mass is 932 g/mol. The van der Waals surface area contributed by atoms with Crippen molar-refractivity contribution in [1.29, 1.82) is 0 Å². The molecule has 0 spiro atoms. The van der Waals surface area contributed by atoms with Crippen molar-refractivity contribution in [2.45, 2.75) is 82.1 Å². The Kier molecular flexibility index (Phi) is 11.5. The van der Waals surface area contributed by atoms with E-state index in [1.54, 1.807) is 24.3 Å². The smallest absolute Gasteiger partial charge is 0.293 e. The highest BCUT2D eigenvalue weighted by atomic mass is 35.5. The summed E-state index contributed by atoms with van der Waals surface area (Å²) < 4.78 is 36.3. The van der Waals surface area contributed by atoms with Crippen LogP contribution >= 0.6 is 11.6 Å². The predicted octanol–water partition coefficient (Wildman–Crippen LogP) is 10.2. The van der Waals surface area contributed by atoms with Crippen LogP contribution in [0.2, 0.25) is 5.02 Å². The minimum absolute atomic E-state index is 0.0120. The molecule has 1 aromatic heterocycles. The summed E-state index contributed by atoms with van der Waals surface area (Å²) in [5.41, 5.74) is 5.00. The number of carbonyl (C=O) groups is 1. The van der Waals surface area contributed by atoms with Crippen molar-refractivity contribution < 1.29 is 28.0 Å². The fourth-order valence-corrected chi connectivity index (χ4v) is 13.3. The molecular formula is C51H57ClN6O7S.